The van der Waals surface area contributed by atoms with Crippen molar-refractivity contribution in [3.05, 3.63) is 23.8 Å². The van der Waals surface area contributed by atoms with Gasteiger partial charge in [0.2, 0.25) is 12.7 Å². The van der Waals surface area contributed by atoms with E-state index in [2.05, 4.69) is 10.6 Å². The number of carbonyl (C=O) groups is 1. The van der Waals surface area contributed by atoms with Crippen LogP contribution in [-0.4, -0.2) is 39.5 Å². The number of ether oxygens (including phenoxy) is 3. The number of hydrogen-bond donors (Lipinski definition) is 2. The maximum Gasteiger partial charge on any atom is 0.231 e. The fourth-order valence-electron chi connectivity index (χ4n) is 3.11. The van der Waals surface area contributed by atoms with Crippen molar-refractivity contribution < 1.29 is 19.0 Å². The van der Waals surface area contributed by atoms with Gasteiger partial charge >= 0.3 is 0 Å². The predicted molar refractivity (Wildman–Crippen MR) is 88.1 cm³/mol. The Bertz CT molecular complexity index is 541. The van der Waals surface area contributed by atoms with Gasteiger partial charge in [0.05, 0.1) is 12.0 Å². The molecule has 0 saturated carbocycles. The van der Waals surface area contributed by atoms with Crippen LogP contribution in [0.15, 0.2) is 18.2 Å². The second-order valence-corrected chi connectivity index (χ2v) is 5.80. The molecule has 2 heterocycles. The molecule has 0 spiro atoms. The van der Waals surface area contributed by atoms with Gasteiger partial charge in [-0.2, -0.15) is 0 Å². The van der Waals surface area contributed by atoms with Crippen molar-refractivity contribution in [3.8, 4) is 11.5 Å². The van der Waals surface area contributed by atoms with Crippen LogP contribution in [0.1, 0.15) is 18.4 Å². The molecule has 23 heavy (non-hydrogen) atoms. The second kappa shape index (κ2) is 7.86. The van der Waals surface area contributed by atoms with Crippen molar-refractivity contribution in [3.63, 3.8) is 0 Å². The Kier molecular flexibility index (Phi) is 6.10. The quantitative estimate of drug-likeness (QED) is 0.848. The summed E-state index contributed by atoms with van der Waals surface area (Å²) < 4.78 is 16.1. The van der Waals surface area contributed by atoms with Gasteiger partial charge in [-0.15, -0.1) is 12.4 Å². The summed E-state index contributed by atoms with van der Waals surface area (Å²) in [5.74, 6) is 1.52. The zero-order valence-corrected chi connectivity index (χ0v) is 14.0. The third-order valence-corrected chi connectivity index (χ3v) is 4.38. The first kappa shape index (κ1) is 17.8. The molecule has 128 valence electrons. The second-order valence-electron chi connectivity index (χ2n) is 5.80. The molecule has 3 rings (SSSR count). The number of halogens is 1. The molecule has 0 atom stereocenters. The zero-order valence-electron chi connectivity index (χ0n) is 13.2. The van der Waals surface area contributed by atoms with Crippen molar-refractivity contribution in [1.29, 1.82) is 0 Å². The first-order chi connectivity index (χ1) is 10.7. The summed E-state index contributed by atoms with van der Waals surface area (Å²) in [5.41, 5.74) is 0.500. The van der Waals surface area contributed by atoms with Gasteiger partial charge in [-0.05, 0) is 32.0 Å². The number of benzene rings is 1. The highest BCUT2D eigenvalue weighted by atomic mass is 35.5. The lowest BCUT2D eigenvalue weighted by Crippen LogP contribution is -2.49. The lowest BCUT2D eigenvalue weighted by molar-refractivity contribution is -0.136. The van der Waals surface area contributed by atoms with Crippen molar-refractivity contribution in [2.24, 2.45) is 5.41 Å². The minimum Gasteiger partial charge on any atom is -0.454 e. The first-order valence-electron chi connectivity index (χ1n) is 7.61. The number of nitrogens with one attached hydrogen (secondary N) is 2. The number of piperidine rings is 1. The summed E-state index contributed by atoms with van der Waals surface area (Å²) in [6.45, 7) is 2.81. The van der Waals surface area contributed by atoms with Gasteiger partial charge in [-0.3, -0.25) is 4.79 Å². The average molecular weight is 343 g/mol. The highest BCUT2D eigenvalue weighted by molar-refractivity contribution is 5.85. The van der Waals surface area contributed by atoms with Crippen molar-refractivity contribution in [2.75, 3.05) is 33.6 Å². The molecule has 1 aromatic carbocycles. The van der Waals surface area contributed by atoms with Crippen LogP contribution in [0.25, 0.3) is 0 Å². The van der Waals surface area contributed by atoms with Crippen LogP contribution in [-0.2, 0) is 16.1 Å². The summed E-state index contributed by atoms with van der Waals surface area (Å²) in [6.07, 6.45) is 1.58. The van der Waals surface area contributed by atoms with Gasteiger partial charge in [-0.25, -0.2) is 0 Å². The third-order valence-electron chi connectivity index (χ3n) is 4.38. The van der Waals surface area contributed by atoms with E-state index < -0.39 is 5.41 Å². The number of methoxy groups -OCH3 is 1. The fourth-order valence-corrected chi connectivity index (χ4v) is 3.11. The molecule has 0 aromatic heterocycles. The van der Waals surface area contributed by atoms with Crippen LogP contribution in [0.4, 0.5) is 0 Å². The van der Waals surface area contributed by atoms with Crippen LogP contribution in [0.3, 0.4) is 0 Å². The van der Waals surface area contributed by atoms with E-state index in [1.807, 2.05) is 18.2 Å². The molecule has 1 saturated heterocycles. The topological polar surface area (TPSA) is 68.8 Å². The number of amides is 1. The molecule has 2 aliphatic heterocycles. The predicted octanol–water partition coefficient (Wildman–Crippen LogP) is 1.47. The number of fused-ring (bicyclic) bond motifs is 1. The van der Waals surface area contributed by atoms with E-state index in [9.17, 15) is 4.79 Å². The van der Waals surface area contributed by atoms with E-state index in [0.717, 1.165) is 43.0 Å². The maximum absolute atomic E-state index is 12.7. The molecule has 2 aliphatic rings. The molecule has 0 bridgehead atoms. The molecule has 0 radical (unpaired) electrons. The van der Waals surface area contributed by atoms with Crippen LogP contribution < -0.4 is 20.1 Å². The highest BCUT2D eigenvalue weighted by Gasteiger charge is 2.39. The standard InChI is InChI=1S/C16H22N2O4.ClH/c1-20-10-16(5-7-17-8-6-16)15(19)18-9-12-3-2-4-13-14(12)22-11-21-13;/h2-4,17H,5-11H2,1H3,(H,18,19);1H. The van der Waals surface area contributed by atoms with Gasteiger partial charge < -0.3 is 24.8 Å². The zero-order chi connectivity index (χ0) is 15.4. The summed E-state index contributed by atoms with van der Waals surface area (Å²) in [7, 11) is 1.65. The Morgan fingerprint density at radius 3 is 2.87 bits per heavy atom. The minimum absolute atomic E-state index is 0. The molecule has 2 N–H and O–H groups in total. The molecule has 7 heteroatoms. The Labute approximate surface area is 142 Å². The number of carbonyl (C=O) groups excluding carboxylic acids is 1. The number of para-hydroxylation sites is 1. The van der Waals surface area contributed by atoms with E-state index in [0.29, 0.717) is 13.2 Å². The van der Waals surface area contributed by atoms with E-state index in [-0.39, 0.29) is 25.1 Å². The molecular weight excluding hydrogens is 320 g/mol. The SMILES string of the molecule is COCC1(C(=O)NCc2cccc3c2OCO3)CCNCC1.Cl. The minimum atomic E-state index is -0.435. The molecule has 1 fully saturated rings. The Hall–Kier alpha value is -1.50. The summed E-state index contributed by atoms with van der Waals surface area (Å²) in [5, 5.41) is 6.33. The molecular formula is C16H23ClN2O4. The van der Waals surface area contributed by atoms with E-state index in [1.54, 1.807) is 7.11 Å². The van der Waals surface area contributed by atoms with Crippen molar-refractivity contribution in [2.45, 2.75) is 19.4 Å². The average Bonchev–Trinajstić information content (AvgIpc) is 3.03. The molecule has 6 nitrogen and oxygen atoms in total. The Morgan fingerprint density at radius 1 is 1.35 bits per heavy atom. The number of hydrogen-bond acceptors (Lipinski definition) is 5. The lowest BCUT2D eigenvalue weighted by atomic mass is 9.78. The van der Waals surface area contributed by atoms with Gasteiger partial charge in [0.15, 0.2) is 11.5 Å². The van der Waals surface area contributed by atoms with E-state index in [1.165, 1.54) is 0 Å². The van der Waals surface area contributed by atoms with E-state index >= 15 is 0 Å². The normalized spacial score (nSPS) is 18.1. The molecule has 1 aromatic rings. The van der Waals surface area contributed by atoms with Crippen LogP contribution >= 0.6 is 12.4 Å². The Balaban J connectivity index is 0.00000192. The van der Waals surface area contributed by atoms with Gasteiger partial charge in [0, 0.05) is 19.2 Å². The molecule has 0 aliphatic carbocycles. The monoisotopic (exact) mass is 342 g/mol. The third kappa shape index (κ3) is 3.71. The van der Waals surface area contributed by atoms with Gasteiger partial charge in [0.1, 0.15) is 0 Å². The summed E-state index contributed by atoms with van der Waals surface area (Å²) in [6, 6.07) is 5.72. The Morgan fingerprint density at radius 2 is 2.13 bits per heavy atom. The molecule has 1 amide bonds. The van der Waals surface area contributed by atoms with Crippen LogP contribution in [0.2, 0.25) is 0 Å². The van der Waals surface area contributed by atoms with Gasteiger partial charge in [0.25, 0.3) is 0 Å². The largest absolute Gasteiger partial charge is 0.454 e. The fraction of sp³-hybridized carbons (Fsp3) is 0.562. The van der Waals surface area contributed by atoms with Gasteiger partial charge in [-0.1, -0.05) is 12.1 Å². The summed E-state index contributed by atoms with van der Waals surface area (Å²) in [4.78, 5) is 12.7. The lowest BCUT2D eigenvalue weighted by Gasteiger charge is -2.35. The van der Waals surface area contributed by atoms with Crippen molar-refractivity contribution in [1.82, 2.24) is 10.6 Å². The maximum atomic E-state index is 12.7. The number of rotatable bonds is 5. The van der Waals surface area contributed by atoms with Crippen LogP contribution in [0, 0.1) is 5.41 Å². The molecule has 0 unspecified atom stereocenters. The first-order valence-corrected chi connectivity index (χ1v) is 7.61. The van der Waals surface area contributed by atoms with E-state index in [4.69, 9.17) is 14.2 Å². The smallest absolute Gasteiger partial charge is 0.231 e. The summed E-state index contributed by atoms with van der Waals surface area (Å²) >= 11 is 0. The highest BCUT2D eigenvalue weighted by Crippen LogP contribution is 2.35. The van der Waals surface area contributed by atoms with Crippen LogP contribution in [0.5, 0.6) is 11.5 Å². The van der Waals surface area contributed by atoms with Crippen molar-refractivity contribution >= 4 is 18.3 Å².